The molecule has 3 heterocycles. The van der Waals surface area contributed by atoms with Gasteiger partial charge >= 0.3 is 0 Å². The molecular weight excluding hydrogens is 240 g/mol. The second-order valence-corrected chi connectivity index (χ2v) is 5.17. The number of aryl methyl sites for hydroxylation is 1. The Labute approximate surface area is 112 Å². The van der Waals surface area contributed by atoms with Gasteiger partial charge in [0.05, 0.1) is 11.8 Å². The summed E-state index contributed by atoms with van der Waals surface area (Å²) in [5.41, 5.74) is 2.08. The average Bonchev–Trinajstić information content (AvgIpc) is 2.98. The first kappa shape index (κ1) is 12.2. The van der Waals surface area contributed by atoms with Gasteiger partial charge < -0.3 is 10.0 Å². The Kier molecular flexibility index (Phi) is 3.21. The largest absolute Gasteiger partial charge is 0.391 e. The van der Waals surface area contributed by atoms with Crippen LogP contribution in [0.1, 0.15) is 11.4 Å². The second-order valence-electron chi connectivity index (χ2n) is 5.17. The van der Waals surface area contributed by atoms with Crippen LogP contribution in [0.4, 0.5) is 5.82 Å². The second kappa shape index (κ2) is 5.01. The fourth-order valence-corrected chi connectivity index (χ4v) is 2.63. The number of hydrogen-bond donors (Lipinski definition) is 2. The third-order valence-corrected chi connectivity index (χ3v) is 3.61. The number of hydrogen-bond acceptors (Lipinski definition) is 4. The topological polar surface area (TPSA) is 65.0 Å². The Balaban J connectivity index is 1.68. The lowest BCUT2D eigenvalue weighted by atomic mass is 10.0. The molecule has 1 fully saturated rings. The molecule has 0 spiro atoms. The maximum atomic E-state index is 10.2. The molecule has 1 saturated heterocycles. The highest BCUT2D eigenvalue weighted by Crippen LogP contribution is 2.24. The van der Waals surface area contributed by atoms with Crippen LogP contribution in [-0.4, -0.2) is 39.5 Å². The van der Waals surface area contributed by atoms with Gasteiger partial charge in [0, 0.05) is 30.9 Å². The van der Waals surface area contributed by atoms with Crippen LogP contribution in [0, 0.1) is 12.8 Å². The van der Waals surface area contributed by atoms with E-state index in [1.807, 2.05) is 31.2 Å². The molecule has 2 aromatic heterocycles. The van der Waals surface area contributed by atoms with Crippen LogP contribution in [0.25, 0.3) is 0 Å². The molecule has 5 heteroatoms. The third-order valence-electron chi connectivity index (χ3n) is 3.61. The van der Waals surface area contributed by atoms with E-state index in [0.29, 0.717) is 6.54 Å². The minimum Gasteiger partial charge on any atom is -0.391 e. The van der Waals surface area contributed by atoms with Gasteiger partial charge in [-0.25, -0.2) is 4.98 Å². The normalized spacial score (nSPS) is 22.9. The number of nitrogens with one attached hydrogen (secondary N) is 1. The lowest BCUT2D eigenvalue weighted by Crippen LogP contribution is -2.21. The number of pyridine rings is 1. The Morgan fingerprint density at radius 1 is 1.42 bits per heavy atom. The summed E-state index contributed by atoms with van der Waals surface area (Å²) in [5, 5.41) is 17.4. The number of aliphatic hydroxyl groups is 1. The zero-order chi connectivity index (χ0) is 13.2. The van der Waals surface area contributed by atoms with Gasteiger partial charge in [0.15, 0.2) is 0 Å². The number of aromatic nitrogens is 3. The zero-order valence-electron chi connectivity index (χ0n) is 11.0. The Morgan fingerprint density at radius 3 is 3.00 bits per heavy atom. The Hall–Kier alpha value is -1.88. The molecule has 2 atom stereocenters. The molecule has 100 valence electrons. The number of anilines is 1. The number of H-pyrrole nitrogens is 1. The minimum absolute atomic E-state index is 0.213. The standard InChI is InChI=1S/C14H18N4O/c1-10-6-12(17-16-10)7-11-8-18(9-13(11)19)14-4-2-3-5-15-14/h2-6,11,13,19H,7-9H2,1H3,(H,16,17)/t11-,13-/m1/s1. The highest BCUT2D eigenvalue weighted by atomic mass is 16.3. The van der Waals surface area contributed by atoms with Gasteiger partial charge in [-0.3, -0.25) is 5.10 Å². The summed E-state index contributed by atoms with van der Waals surface area (Å²) in [5.74, 6) is 1.15. The molecule has 3 rings (SSSR count). The molecule has 0 bridgehead atoms. The van der Waals surface area contributed by atoms with E-state index in [9.17, 15) is 5.11 Å². The van der Waals surface area contributed by atoms with Crippen LogP contribution in [0.3, 0.4) is 0 Å². The van der Waals surface area contributed by atoms with Gasteiger partial charge in [0.1, 0.15) is 5.82 Å². The summed E-state index contributed by atoms with van der Waals surface area (Å²) >= 11 is 0. The fourth-order valence-electron chi connectivity index (χ4n) is 2.63. The van der Waals surface area contributed by atoms with Crippen LogP contribution < -0.4 is 4.90 Å². The molecule has 0 saturated carbocycles. The number of nitrogens with zero attached hydrogens (tertiary/aromatic N) is 3. The van der Waals surface area contributed by atoms with Crippen molar-refractivity contribution in [1.29, 1.82) is 0 Å². The Morgan fingerprint density at radius 2 is 2.32 bits per heavy atom. The molecule has 0 radical (unpaired) electrons. The Bertz CT molecular complexity index is 539. The van der Waals surface area contributed by atoms with Crippen LogP contribution in [-0.2, 0) is 6.42 Å². The van der Waals surface area contributed by atoms with Gasteiger partial charge in [-0.15, -0.1) is 0 Å². The van der Waals surface area contributed by atoms with E-state index >= 15 is 0 Å². The monoisotopic (exact) mass is 258 g/mol. The number of rotatable bonds is 3. The van der Waals surface area contributed by atoms with Gasteiger partial charge in [-0.1, -0.05) is 6.07 Å². The van der Waals surface area contributed by atoms with Crippen molar-refractivity contribution in [2.75, 3.05) is 18.0 Å². The molecule has 0 unspecified atom stereocenters. The molecular formula is C14H18N4O. The van der Waals surface area contributed by atoms with Crippen molar-refractivity contribution in [3.8, 4) is 0 Å². The summed E-state index contributed by atoms with van der Waals surface area (Å²) in [6, 6.07) is 7.89. The van der Waals surface area contributed by atoms with Crippen molar-refractivity contribution in [2.24, 2.45) is 5.92 Å². The van der Waals surface area contributed by atoms with E-state index in [-0.39, 0.29) is 12.0 Å². The SMILES string of the molecule is Cc1cc(C[C@@H]2CN(c3ccccn3)C[C@H]2O)n[nH]1. The molecule has 2 N–H and O–H groups in total. The first-order chi connectivity index (χ1) is 9.22. The highest BCUT2D eigenvalue weighted by molar-refractivity contribution is 5.39. The molecule has 1 aliphatic heterocycles. The zero-order valence-corrected chi connectivity index (χ0v) is 11.0. The molecule has 2 aromatic rings. The van der Waals surface area contributed by atoms with Gasteiger partial charge in [0.25, 0.3) is 0 Å². The summed E-state index contributed by atoms with van der Waals surface area (Å²) < 4.78 is 0. The first-order valence-corrected chi connectivity index (χ1v) is 6.57. The smallest absolute Gasteiger partial charge is 0.128 e. The van der Waals surface area contributed by atoms with Gasteiger partial charge in [-0.05, 0) is 31.5 Å². The van der Waals surface area contributed by atoms with Crippen LogP contribution in [0.5, 0.6) is 0 Å². The van der Waals surface area contributed by atoms with E-state index in [0.717, 1.165) is 30.2 Å². The van der Waals surface area contributed by atoms with Crippen molar-refractivity contribution in [2.45, 2.75) is 19.4 Å². The molecule has 5 nitrogen and oxygen atoms in total. The van der Waals surface area contributed by atoms with E-state index in [1.54, 1.807) is 6.20 Å². The minimum atomic E-state index is -0.320. The van der Waals surface area contributed by atoms with Crippen molar-refractivity contribution in [3.63, 3.8) is 0 Å². The molecule has 1 aliphatic rings. The van der Waals surface area contributed by atoms with E-state index in [1.165, 1.54) is 0 Å². The van der Waals surface area contributed by atoms with Crippen molar-refractivity contribution in [3.05, 3.63) is 41.9 Å². The predicted octanol–water partition coefficient (Wildman–Crippen LogP) is 1.15. The quantitative estimate of drug-likeness (QED) is 0.867. The lowest BCUT2D eigenvalue weighted by molar-refractivity contribution is 0.148. The van der Waals surface area contributed by atoms with Gasteiger partial charge in [-0.2, -0.15) is 5.10 Å². The molecule has 0 amide bonds. The highest BCUT2D eigenvalue weighted by Gasteiger charge is 2.32. The summed E-state index contributed by atoms with van der Waals surface area (Å²) in [6.07, 6.45) is 2.26. The van der Waals surface area contributed by atoms with E-state index in [2.05, 4.69) is 20.1 Å². The first-order valence-electron chi connectivity index (χ1n) is 6.57. The lowest BCUT2D eigenvalue weighted by Gasteiger charge is -2.16. The van der Waals surface area contributed by atoms with E-state index < -0.39 is 0 Å². The van der Waals surface area contributed by atoms with Crippen LogP contribution >= 0.6 is 0 Å². The van der Waals surface area contributed by atoms with Gasteiger partial charge in [0.2, 0.25) is 0 Å². The number of aliphatic hydroxyl groups excluding tert-OH is 1. The summed E-state index contributed by atoms with van der Waals surface area (Å²) in [7, 11) is 0. The predicted molar refractivity (Wildman–Crippen MR) is 73.0 cm³/mol. The molecule has 19 heavy (non-hydrogen) atoms. The van der Waals surface area contributed by atoms with Crippen molar-refractivity contribution >= 4 is 5.82 Å². The van der Waals surface area contributed by atoms with Crippen molar-refractivity contribution < 1.29 is 5.11 Å². The maximum Gasteiger partial charge on any atom is 0.128 e. The van der Waals surface area contributed by atoms with Crippen molar-refractivity contribution in [1.82, 2.24) is 15.2 Å². The average molecular weight is 258 g/mol. The van der Waals surface area contributed by atoms with Crippen LogP contribution in [0.2, 0.25) is 0 Å². The maximum absolute atomic E-state index is 10.2. The number of β-amino-alcohol motifs (C(OH)–C–C–N with tert-alkyl or cyclic N) is 1. The molecule has 0 aromatic carbocycles. The van der Waals surface area contributed by atoms with E-state index in [4.69, 9.17) is 0 Å². The molecule has 0 aliphatic carbocycles. The van der Waals surface area contributed by atoms with Crippen LogP contribution in [0.15, 0.2) is 30.5 Å². The third kappa shape index (κ3) is 2.61. The fraction of sp³-hybridized carbons (Fsp3) is 0.429. The summed E-state index contributed by atoms with van der Waals surface area (Å²) in [6.45, 7) is 3.46. The summed E-state index contributed by atoms with van der Waals surface area (Å²) in [4.78, 5) is 6.47. The number of aromatic amines is 1.